The van der Waals surface area contributed by atoms with Crippen LogP contribution < -0.4 is 10.1 Å². The fourth-order valence-electron chi connectivity index (χ4n) is 2.36. The lowest BCUT2D eigenvalue weighted by molar-refractivity contribution is -0.123. The lowest BCUT2D eigenvalue weighted by Crippen LogP contribution is -2.35. The molecule has 0 bridgehead atoms. The lowest BCUT2D eigenvalue weighted by atomic mass is 9.87. The second kappa shape index (κ2) is 7.24. The highest BCUT2D eigenvalue weighted by Gasteiger charge is 2.19. The first-order chi connectivity index (χ1) is 9.65. The van der Waals surface area contributed by atoms with E-state index in [9.17, 15) is 14.3 Å². The maximum atomic E-state index is 13.3. The average Bonchev–Trinajstić information content (AvgIpc) is 2.46. The predicted molar refractivity (Wildman–Crippen MR) is 72.9 cm³/mol. The third-order valence-corrected chi connectivity index (χ3v) is 3.60. The van der Waals surface area contributed by atoms with Crippen LogP contribution in [0.15, 0.2) is 24.3 Å². The number of carbonyl (C=O) groups excluding carboxylic acids is 1. The van der Waals surface area contributed by atoms with Crippen LogP contribution in [-0.2, 0) is 4.79 Å². The van der Waals surface area contributed by atoms with E-state index in [0.29, 0.717) is 12.5 Å². The minimum Gasteiger partial charge on any atom is -0.481 e. The summed E-state index contributed by atoms with van der Waals surface area (Å²) >= 11 is 0. The van der Waals surface area contributed by atoms with Gasteiger partial charge < -0.3 is 15.2 Å². The first-order valence-corrected chi connectivity index (χ1v) is 6.97. The molecule has 0 unspecified atom stereocenters. The van der Waals surface area contributed by atoms with Crippen molar-refractivity contribution in [3.05, 3.63) is 30.1 Å². The Morgan fingerprint density at radius 1 is 1.30 bits per heavy atom. The van der Waals surface area contributed by atoms with Crippen molar-refractivity contribution < 1.29 is 19.0 Å². The molecule has 2 rings (SSSR count). The van der Waals surface area contributed by atoms with E-state index in [0.717, 1.165) is 25.7 Å². The molecule has 0 spiro atoms. The Labute approximate surface area is 117 Å². The topological polar surface area (TPSA) is 58.6 Å². The summed E-state index contributed by atoms with van der Waals surface area (Å²) in [5, 5.41) is 12.2. The van der Waals surface area contributed by atoms with Gasteiger partial charge in [0.2, 0.25) is 0 Å². The highest BCUT2D eigenvalue weighted by molar-refractivity contribution is 5.77. The van der Waals surface area contributed by atoms with E-state index in [1.165, 1.54) is 12.1 Å². The summed E-state index contributed by atoms with van der Waals surface area (Å²) in [7, 11) is 0. The van der Waals surface area contributed by atoms with Crippen molar-refractivity contribution >= 4 is 5.91 Å². The van der Waals surface area contributed by atoms with Crippen molar-refractivity contribution in [2.24, 2.45) is 5.92 Å². The van der Waals surface area contributed by atoms with Gasteiger partial charge in [-0.15, -0.1) is 0 Å². The molecule has 1 aliphatic rings. The molecule has 0 radical (unpaired) electrons. The SMILES string of the molecule is O=C(COc1ccccc1F)NCC1CCC(O)CC1. The fraction of sp³-hybridized carbons (Fsp3) is 0.533. The molecule has 4 nitrogen and oxygen atoms in total. The van der Waals surface area contributed by atoms with E-state index >= 15 is 0 Å². The first kappa shape index (κ1) is 14.8. The second-order valence-electron chi connectivity index (χ2n) is 5.20. The number of aliphatic hydroxyl groups excluding tert-OH is 1. The van der Waals surface area contributed by atoms with E-state index in [4.69, 9.17) is 4.74 Å². The van der Waals surface area contributed by atoms with E-state index < -0.39 is 5.82 Å². The van der Waals surface area contributed by atoms with Crippen LogP contribution in [0, 0.1) is 11.7 Å². The second-order valence-corrected chi connectivity index (χ2v) is 5.20. The Bertz CT molecular complexity index is 444. The Hall–Kier alpha value is -1.62. The molecule has 1 saturated carbocycles. The van der Waals surface area contributed by atoms with Crippen LogP contribution in [-0.4, -0.2) is 30.3 Å². The smallest absolute Gasteiger partial charge is 0.257 e. The molecular weight excluding hydrogens is 261 g/mol. The molecule has 0 aromatic heterocycles. The monoisotopic (exact) mass is 281 g/mol. The number of carbonyl (C=O) groups is 1. The molecule has 1 aliphatic carbocycles. The minimum absolute atomic E-state index is 0.0865. The van der Waals surface area contributed by atoms with Gasteiger partial charge in [-0.25, -0.2) is 4.39 Å². The summed E-state index contributed by atoms with van der Waals surface area (Å²) in [4.78, 5) is 11.6. The molecule has 20 heavy (non-hydrogen) atoms. The summed E-state index contributed by atoms with van der Waals surface area (Å²) in [5.41, 5.74) is 0. The standard InChI is InChI=1S/C15H20FNO3/c16-13-3-1-2-4-14(13)20-10-15(19)17-9-11-5-7-12(18)8-6-11/h1-4,11-12,18H,5-10H2,(H,17,19). The largest absolute Gasteiger partial charge is 0.481 e. The number of hydrogen-bond donors (Lipinski definition) is 2. The van der Waals surface area contributed by atoms with Crippen LogP contribution in [0.4, 0.5) is 4.39 Å². The van der Waals surface area contributed by atoms with Gasteiger partial charge in [0.15, 0.2) is 18.2 Å². The van der Waals surface area contributed by atoms with Gasteiger partial charge in [-0.05, 0) is 43.7 Å². The van der Waals surface area contributed by atoms with Gasteiger partial charge >= 0.3 is 0 Å². The summed E-state index contributed by atoms with van der Waals surface area (Å²) in [6.07, 6.45) is 3.26. The number of halogens is 1. The number of benzene rings is 1. The highest BCUT2D eigenvalue weighted by Crippen LogP contribution is 2.23. The molecule has 0 heterocycles. The van der Waals surface area contributed by atoms with Crippen LogP contribution in [0.1, 0.15) is 25.7 Å². The minimum atomic E-state index is -0.471. The molecule has 1 amide bonds. The van der Waals surface area contributed by atoms with E-state index in [2.05, 4.69) is 5.32 Å². The molecule has 2 N–H and O–H groups in total. The fourth-order valence-corrected chi connectivity index (χ4v) is 2.36. The number of aliphatic hydroxyl groups is 1. The number of ether oxygens (including phenoxy) is 1. The van der Waals surface area contributed by atoms with Crippen molar-refractivity contribution in [3.63, 3.8) is 0 Å². The van der Waals surface area contributed by atoms with Gasteiger partial charge in [-0.3, -0.25) is 4.79 Å². The zero-order valence-electron chi connectivity index (χ0n) is 11.3. The molecule has 5 heteroatoms. The van der Waals surface area contributed by atoms with Gasteiger partial charge in [0.25, 0.3) is 5.91 Å². The summed E-state index contributed by atoms with van der Waals surface area (Å²) in [5.74, 6) is -0.222. The van der Waals surface area contributed by atoms with Crippen molar-refractivity contribution in [3.8, 4) is 5.75 Å². The molecule has 0 atom stereocenters. The maximum Gasteiger partial charge on any atom is 0.257 e. The van der Waals surface area contributed by atoms with Crippen LogP contribution >= 0.6 is 0 Å². The number of amides is 1. The van der Waals surface area contributed by atoms with Gasteiger partial charge in [-0.2, -0.15) is 0 Å². The van der Waals surface area contributed by atoms with Gasteiger partial charge in [-0.1, -0.05) is 12.1 Å². The Morgan fingerprint density at radius 3 is 2.70 bits per heavy atom. The van der Waals surface area contributed by atoms with E-state index in [1.807, 2.05) is 0 Å². The first-order valence-electron chi connectivity index (χ1n) is 6.97. The maximum absolute atomic E-state index is 13.3. The highest BCUT2D eigenvalue weighted by atomic mass is 19.1. The number of rotatable bonds is 5. The summed E-state index contributed by atoms with van der Waals surface area (Å²) in [6.45, 7) is 0.405. The Balaban J connectivity index is 1.67. The zero-order chi connectivity index (χ0) is 14.4. The normalized spacial score (nSPS) is 22.3. The number of para-hydroxylation sites is 1. The van der Waals surface area contributed by atoms with Crippen LogP contribution in [0.3, 0.4) is 0 Å². The molecule has 110 valence electrons. The van der Waals surface area contributed by atoms with Gasteiger partial charge in [0.1, 0.15) is 0 Å². The quantitative estimate of drug-likeness (QED) is 0.866. The molecule has 1 aromatic carbocycles. The Kier molecular flexibility index (Phi) is 5.35. The lowest BCUT2D eigenvalue weighted by Gasteiger charge is -2.25. The van der Waals surface area contributed by atoms with Gasteiger partial charge in [0, 0.05) is 6.54 Å². The van der Waals surface area contributed by atoms with Crippen LogP contribution in [0.25, 0.3) is 0 Å². The van der Waals surface area contributed by atoms with Gasteiger partial charge in [0.05, 0.1) is 6.10 Å². The average molecular weight is 281 g/mol. The molecule has 1 aromatic rings. The van der Waals surface area contributed by atoms with Crippen molar-refractivity contribution in [2.45, 2.75) is 31.8 Å². The van der Waals surface area contributed by atoms with Crippen molar-refractivity contribution in [1.29, 1.82) is 0 Å². The van der Waals surface area contributed by atoms with Crippen molar-refractivity contribution in [2.75, 3.05) is 13.2 Å². The molecule has 0 saturated heterocycles. The predicted octanol–water partition coefficient (Wildman–Crippen LogP) is 1.87. The third kappa shape index (κ3) is 4.49. The van der Waals surface area contributed by atoms with E-state index in [1.54, 1.807) is 12.1 Å². The number of nitrogens with one attached hydrogen (secondary N) is 1. The Morgan fingerprint density at radius 2 is 2.00 bits per heavy atom. The summed E-state index contributed by atoms with van der Waals surface area (Å²) in [6, 6.07) is 6.01. The molecule has 0 aliphatic heterocycles. The number of hydrogen-bond acceptors (Lipinski definition) is 3. The molecule has 1 fully saturated rings. The molecular formula is C15H20FNO3. The third-order valence-electron chi connectivity index (χ3n) is 3.60. The van der Waals surface area contributed by atoms with E-state index in [-0.39, 0.29) is 24.4 Å². The van der Waals surface area contributed by atoms with Crippen molar-refractivity contribution in [1.82, 2.24) is 5.32 Å². The zero-order valence-corrected chi connectivity index (χ0v) is 11.3. The summed E-state index contributed by atoms with van der Waals surface area (Å²) < 4.78 is 18.4. The van der Waals surface area contributed by atoms with Crippen LogP contribution in [0.2, 0.25) is 0 Å². The van der Waals surface area contributed by atoms with Crippen LogP contribution in [0.5, 0.6) is 5.75 Å².